The molecule has 130 valence electrons. The van der Waals surface area contributed by atoms with Gasteiger partial charge in [0.15, 0.2) is 0 Å². The van der Waals surface area contributed by atoms with E-state index in [2.05, 4.69) is 10.3 Å². The molecule has 8 heteroatoms. The molecule has 2 amide bonds. The van der Waals surface area contributed by atoms with Gasteiger partial charge in [-0.05, 0) is 25.0 Å². The van der Waals surface area contributed by atoms with Gasteiger partial charge in [0.25, 0.3) is 5.91 Å². The fraction of sp³-hybridized carbons (Fsp3) is 0.294. The Balaban J connectivity index is 1.71. The Morgan fingerprint density at radius 3 is 2.80 bits per heavy atom. The molecule has 1 aliphatic heterocycles. The summed E-state index contributed by atoms with van der Waals surface area (Å²) in [6, 6.07) is 5.95. The molecule has 2 aromatic rings. The van der Waals surface area contributed by atoms with E-state index in [1.54, 1.807) is 24.3 Å². The number of aromatic nitrogens is 1. The molecule has 1 aromatic carbocycles. The molecule has 3 N–H and O–H groups in total. The van der Waals surface area contributed by atoms with Crippen molar-refractivity contribution in [3.05, 3.63) is 46.2 Å². The third-order valence-electron chi connectivity index (χ3n) is 4.29. The Labute approximate surface area is 142 Å². The van der Waals surface area contributed by atoms with Crippen molar-refractivity contribution in [3.63, 3.8) is 0 Å². The summed E-state index contributed by atoms with van der Waals surface area (Å²) in [5, 5.41) is 11.9. The molecule has 0 aliphatic carbocycles. The maximum atomic E-state index is 12.4. The lowest BCUT2D eigenvalue weighted by Gasteiger charge is -2.21. The average Bonchev–Trinajstić information content (AvgIpc) is 3.10. The number of fused-ring (bicyclic) bond motifs is 1. The van der Waals surface area contributed by atoms with Gasteiger partial charge in [-0.2, -0.15) is 0 Å². The van der Waals surface area contributed by atoms with Gasteiger partial charge < -0.3 is 20.3 Å². The van der Waals surface area contributed by atoms with E-state index in [1.165, 1.54) is 11.1 Å². The number of aliphatic carboxylic acids is 1. The second kappa shape index (κ2) is 6.76. The van der Waals surface area contributed by atoms with Gasteiger partial charge in [0.2, 0.25) is 11.3 Å². The number of carbonyl (C=O) groups excluding carboxylic acids is 2. The number of nitrogens with one attached hydrogen (secondary N) is 2. The smallest absolute Gasteiger partial charge is 0.326 e. The van der Waals surface area contributed by atoms with Gasteiger partial charge in [0.05, 0.1) is 6.54 Å². The van der Waals surface area contributed by atoms with Crippen LogP contribution in [0.2, 0.25) is 0 Å². The second-order valence-electron chi connectivity index (χ2n) is 5.84. The van der Waals surface area contributed by atoms with Gasteiger partial charge in [0, 0.05) is 23.6 Å². The van der Waals surface area contributed by atoms with Crippen molar-refractivity contribution < 1.29 is 19.5 Å². The molecule has 1 aromatic heterocycles. The summed E-state index contributed by atoms with van der Waals surface area (Å²) in [4.78, 5) is 52.0. The van der Waals surface area contributed by atoms with Crippen molar-refractivity contribution in [2.45, 2.75) is 18.9 Å². The predicted octanol–water partition coefficient (Wildman–Crippen LogP) is 0.333. The van der Waals surface area contributed by atoms with Gasteiger partial charge in [-0.15, -0.1) is 0 Å². The zero-order valence-electron chi connectivity index (χ0n) is 13.3. The molecule has 1 saturated heterocycles. The summed E-state index contributed by atoms with van der Waals surface area (Å²) in [6.07, 6.45) is 2.32. The number of hydrogen-bond acceptors (Lipinski definition) is 4. The molecule has 1 unspecified atom stereocenters. The van der Waals surface area contributed by atoms with E-state index in [-0.39, 0.29) is 12.1 Å². The highest BCUT2D eigenvalue weighted by Gasteiger charge is 2.33. The van der Waals surface area contributed by atoms with Crippen LogP contribution in [-0.4, -0.2) is 51.9 Å². The molecule has 1 aliphatic rings. The van der Waals surface area contributed by atoms with Gasteiger partial charge in [-0.3, -0.25) is 14.4 Å². The molecule has 0 saturated carbocycles. The van der Waals surface area contributed by atoms with Gasteiger partial charge >= 0.3 is 5.97 Å². The summed E-state index contributed by atoms with van der Waals surface area (Å²) >= 11 is 0. The van der Waals surface area contributed by atoms with Crippen LogP contribution in [0.4, 0.5) is 0 Å². The van der Waals surface area contributed by atoms with Gasteiger partial charge in [-0.1, -0.05) is 12.1 Å². The topological polar surface area (TPSA) is 120 Å². The first-order valence-corrected chi connectivity index (χ1v) is 7.90. The van der Waals surface area contributed by atoms with Crippen LogP contribution in [0.5, 0.6) is 0 Å². The van der Waals surface area contributed by atoms with E-state index in [0.717, 1.165) is 0 Å². The van der Waals surface area contributed by atoms with Gasteiger partial charge in [-0.25, -0.2) is 4.79 Å². The quantitative estimate of drug-likeness (QED) is 0.739. The minimum Gasteiger partial charge on any atom is -0.480 e. The Kier molecular flexibility index (Phi) is 4.51. The molecule has 0 spiro atoms. The molecule has 1 fully saturated rings. The van der Waals surface area contributed by atoms with E-state index in [9.17, 15) is 19.2 Å². The number of carboxylic acids is 1. The molecule has 1 atom stereocenters. The maximum absolute atomic E-state index is 12.4. The zero-order chi connectivity index (χ0) is 18.0. The number of pyridine rings is 1. The number of nitrogens with zero attached hydrogens (tertiary/aromatic N) is 1. The fourth-order valence-electron chi connectivity index (χ4n) is 3.01. The van der Waals surface area contributed by atoms with Crippen LogP contribution < -0.4 is 10.7 Å². The summed E-state index contributed by atoms with van der Waals surface area (Å²) in [5.41, 5.74) is 0.0908. The predicted molar refractivity (Wildman–Crippen MR) is 89.3 cm³/mol. The van der Waals surface area contributed by atoms with Crippen LogP contribution in [0.15, 0.2) is 35.3 Å². The molecule has 0 bridgehead atoms. The molecule has 0 radical (unpaired) electrons. The highest BCUT2D eigenvalue weighted by Crippen LogP contribution is 2.17. The van der Waals surface area contributed by atoms with Crippen molar-refractivity contribution in [1.29, 1.82) is 0 Å². The molecule has 8 nitrogen and oxygen atoms in total. The number of para-hydroxylation sites is 1. The highest BCUT2D eigenvalue weighted by molar-refractivity contribution is 5.99. The number of hydrogen-bond donors (Lipinski definition) is 3. The molecule has 3 rings (SSSR count). The number of amides is 2. The van der Waals surface area contributed by atoms with E-state index >= 15 is 0 Å². The van der Waals surface area contributed by atoms with Crippen LogP contribution in [0.1, 0.15) is 23.2 Å². The largest absolute Gasteiger partial charge is 0.480 e. The van der Waals surface area contributed by atoms with Crippen LogP contribution in [0, 0.1) is 0 Å². The third kappa shape index (κ3) is 3.23. The monoisotopic (exact) mass is 343 g/mol. The molecular formula is C17H17N3O5. The van der Waals surface area contributed by atoms with Gasteiger partial charge in [0.1, 0.15) is 11.6 Å². The summed E-state index contributed by atoms with van der Waals surface area (Å²) in [5.74, 6) is -2.20. The lowest BCUT2D eigenvalue weighted by Crippen LogP contribution is -2.45. The number of carboxylic acid groups (broad SMARTS) is 1. The number of aromatic amines is 1. The normalized spacial score (nSPS) is 16.8. The van der Waals surface area contributed by atoms with Crippen LogP contribution in [0.25, 0.3) is 10.9 Å². The molecule has 2 heterocycles. The number of H-pyrrole nitrogens is 1. The second-order valence-corrected chi connectivity index (χ2v) is 5.84. The first-order chi connectivity index (χ1) is 12.0. The maximum Gasteiger partial charge on any atom is 0.326 e. The summed E-state index contributed by atoms with van der Waals surface area (Å²) in [7, 11) is 0. The third-order valence-corrected chi connectivity index (χ3v) is 4.29. The van der Waals surface area contributed by atoms with E-state index in [0.29, 0.717) is 30.3 Å². The van der Waals surface area contributed by atoms with Crippen molar-refractivity contribution in [3.8, 4) is 0 Å². The van der Waals surface area contributed by atoms with Crippen LogP contribution in [0.3, 0.4) is 0 Å². The van der Waals surface area contributed by atoms with Crippen molar-refractivity contribution >= 4 is 28.7 Å². The van der Waals surface area contributed by atoms with Crippen molar-refractivity contribution in [1.82, 2.24) is 15.2 Å². The number of rotatable bonds is 4. The SMILES string of the molecule is O=C(NCC(=O)N1CCCC1C(=O)O)c1c[nH]c2ccccc2c1=O. The van der Waals surface area contributed by atoms with E-state index < -0.39 is 29.3 Å². The first-order valence-electron chi connectivity index (χ1n) is 7.90. The molecule has 25 heavy (non-hydrogen) atoms. The summed E-state index contributed by atoms with van der Waals surface area (Å²) < 4.78 is 0. The van der Waals surface area contributed by atoms with E-state index in [1.807, 2.05) is 0 Å². The van der Waals surface area contributed by atoms with E-state index in [4.69, 9.17) is 5.11 Å². The summed E-state index contributed by atoms with van der Waals surface area (Å²) in [6.45, 7) is -0.00287. The van der Waals surface area contributed by atoms with Crippen molar-refractivity contribution in [2.24, 2.45) is 0 Å². The van der Waals surface area contributed by atoms with Crippen LogP contribution in [-0.2, 0) is 9.59 Å². The lowest BCUT2D eigenvalue weighted by atomic mass is 10.1. The zero-order valence-corrected chi connectivity index (χ0v) is 13.3. The number of likely N-dealkylation sites (tertiary alicyclic amines) is 1. The van der Waals surface area contributed by atoms with Crippen molar-refractivity contribution in [2.75, 3.05) is 13.1 Å². The fourth-order valence-corrected chi connectivity index (χ4v) is 3.01. The highest BCUT2D eigenvalue weighted by atomic mass is 16.4. The minimum absolute atomic E-state index is 0.0947. The average molecular weight is 343 g/mol. The Hall–Kier alpha value is -3.16. The molecular weight excluding hydrogens is 326 g/mol. The Morgan fingerprint density at radius 1 is 1.28 bits per heavy atom. The number of benzene rings is 1. The standard InChI is InChI=1S/C17H17N3O5/c21-14(20-7-3-6-13(20)17(24)25)9-19-16(23)11-8-18-12-5-2-1-4-10(12)15(11)22/h1-2,4-5,8,13H,3,6-7,9H2,(H,18,22)(H,19,23)(H,24,25). The first kappa shape index (κ1) is 16.7. The lowest BCUT2D eigenvalue weighted by molar-refractivity contribution is -0.147. The van der Waals surface area contributed by atoms with Crippen LogP contribution >= 0.6 is 0 Å². The Bertz CT molecular complexity index is 905. The number of carbonyl (C=O) groups is 3. The minimum atomic E-state index is -1.05. The Morgan fingerprint density at radius 2 is 2.04 bits per heavy atom.